The molecule has 5 heteroatoms. The highest BCUT2D eigenvalue weighted by molar-refractivity contribution is 6.58. The Hall–Kier alpha value is -1.20. The van der Waals surface area contributed by atoms with Crippen molar-refractivity contribution in [3.8, 4) is 5.75 Å². The largest absolute Gasteiger partial charge is 0.495 e. The molecule has 0 amide bonds. The van der Waals surface area contributed by atoms with Gasteiger partial charge in [-0.1, -0.05) is 6.07 Å². The SMILES string of the molecule is COc1ccc(B(O)O)cc1N(C)C. The maximum Gasteiger partial charge on any atom is 0.488 e. The Labute approximate surface area is 83.9 Å². The Morgan fingerprint density at radius 1 is 1.29 bits per heavy atom. The predicted octanol–water partition coefficient (Wildman–Crippen LogP) is -0.559. The zero-order valence-corrected chi connectivity index (χ0v) is 8.56. The van der Waals surface area contributed by atoms with Crippen molar-refractivity contribution in [2.45, 2.75) is 0 Å². The van der Waals surface area contributed by atoms with Gasteiger partial charge in [-0.3, -0.25) is 0 Å². The van der Waals surface area contributed by atoms with Crippen molar-refractivity contribution in [1.82, 2.24) is 0 Å². The van der Waals surface area contributed by atoms with E-state index in [0.717, 1.165) is 5.69 Å². The Balaban J connectivity index is 3.14. The van der Waals surface area contributed by atoms with Crippen molar-refractivity contribution in [3.05, 3.63) is 18.2 Å². The molecular formula is C9H14BNO3. The second kappa shape index (κ2) is 4.35. The molecule has 1 aromatic carbocycles. The van der Waals surface area contributed by atoms with Gasteiger partial charge in [-0.2, -0.15) is 0 Å². The normalized spacial score (nSPS) is 9.79. The molecular weight excluding hydrogens is 181 g/mol. The third kappa shape index (κ3) is 2.18. The number of hydrogen-bond donors (Lipinski definition) is 2. The number of nitrogens with zero attached hydrogens (tertiary/aromatic N) is 1. The van der Waals surface area contributed by atoms with Crippen LogP contribution in [0.4, 0.5) is 5.69 Å². The molecule has 0 aliphatic heterocycles. The van der Waals surface area contributed by atoms with Crippen LogP contribution in [0.15, 0.2) is 18.2 Å². The average molecular weight is 195 g/mol. The van der Waals surface area contributed by atoms with Gasteiger partial charge in [0.1, 0.15) is 5.75 Å². The number of ether oxygens (including phenoxy) is 1. The summed E-state index contributed by atoms with van der Waals surface area (Å²) < 4.78 is 5.14. The number of anilines is 1. The van der Waals surface area contributed by atoms with Crippen LogP contribution in [0, 0.1) is 0 Å². The number of methoxy groups -OCH3 is 1. The molecule has 0 saturated heterocycles. The highest BCUT2D eigenvalue weighted by atomic mass is 16.5. The van der Waals surface area contributed by atoms with Gasteiger partial charge in [0.2, 0.25) is 0 Å². The van der Waals surface area contributed by atoms with Crippen LogP contribution in [-0.2, 0) is 0 Å². The predicted molar refractivity (Wildman–Crippen MR) is 57.1 cm³/mol. The number of benzene rings is 1. The monoisotopic (exact) mass is 195 g/mol. The highest BCUT2D eigenvalue weighted by Crippen LogP contribution is 2.24. The molecule has 1 aromatic rings. The third-order valence-corrected chi connectivity index (χ3v) is 1.98. The minimum Gasteiger partial charge on any atom is -0.495 e. The lowest BCUT2D eigenvalue weighted by atomic mass is 9.80. The summed E-state index contributed by atoms with van der Waals surface area (Å²) in [6.45, 7) is 0. The quantitative estimate of drug-likeness (QED) is 0.635. The molecule has 0 aliphatic rings. The lowest BCUT2D eigenvalue weighted by Gasteiger charge is -2.17. The van der Waals surface area contributed by atoms with E-state index < -0.39 is 7.12 Å². The zero-order chi connectivity index (χ0) is 10.7. The molecule has 0 saturated carbocycles. The second-order valence-corrected chi connectivity index (χ2v) is 3.20. The van der Waals surface area contributed by atoms with Crippen LogP contribution in [0.1, 0.15) is 0 Å². The van der Waals surface area contributed by atoms with Gasteiger partial charge >= 0.3 is 7.12 Å². The van der Waals surface area contributed by atoms with Crippen molar-refractivity contribution in [3.63, 3.8) is 0 Å². The lowest BCUT2D eigenvalue weighted by Crippen LogP contribution is -2.30. The summed E-state index contributed by atoms with van der Waals surface area (Å²) in [6, 6.07) is 5.02. The zero-order valence-electron chi connectivity index (χ0n) is 8.56. The average Bonchev–Trinajstić information content (AvgIpc) is 2.16. The van der Waals surface area contributed by atoms with E-state index >= 15 is 0 Å². The molecule has 0 heterocycles. The third-order valence-electron chi connectivity index (χ3n) is 1.98. The Bertz CT molecular complexity index is 315. The van der Waals surface area contributed by atoms with Crippen LogP contribution in [0.5, 0.6) is 5.75 Å². The fourth-order valence-electron chi connectivity index (χ4n) is 1.22. The molecule has 14 heavy (non-hydrogen) atoms. The summed E-state index contributed by atoms with van der Waals surface area (Å²) in [5, 5.41) is 18.0. The molecule has 0 aliphatic carbocycles. The summed E-state index contributed by atoms with van der Waals surface area (Å²) in [7, 11) is 3.87. The molecule has 1 rings (SSSR count). The van der Waals surface area contributed by atoms with Crippen molar-refractivity contribution in [2.75, 3.05) is 26.1 Å². The van der Waals surface area contributed by atoms with Gasteiger partial charge in [-0.05, 0) is 17.6 Å². The van der Waals surface area contributed by atoms with E-state index in [4.69, 9.17) is 14.8 Å². The van der Waals surface area contributed by atoms with Crippen LogP contribution < -0.4 is 15.1 Å². The van der Waals surface area contributed by atoms with E-state index in [0.29, 0.717) is 11.2 Å². The van der Waals surface area contributed by atoms with Crippen LogP contribution in [0.3, 0.4) is 0 Å². The minimum atomic E-state index is -1.44. The van der Waals surface area contributed by atoms with E-state index in [9.17, 15) is 0 Å². The van der Waals surface area contributed by atoms with Gasteiger partial charge in [0.15, 0.2) is 0 Å². The first-order chi connectivity index (χ1) is 6.56. The van der Waals surface area contributed by atoms with Gasteiger partial charge in [0.05, 0.1) is 12.8 Å². The van der Waals surface area contributed by atoms with E-state index in [2.05, 4.69) is 0 Å². The first-order valence-electron chi connectivity index (χ1n) is 4.27. The van der Waals surface area contributed by atoms with Gasteiger partial charge in [-0.25, -0.2) is 0 Å². The molecule has 0 fully saturated rings. The summed E-state index contributed by atoms with van der Waals surface area (Å²) in [5.41, 5.74) is 1.27. The number of rotatable bonds is 3. The van der Waals surface area contributed by atoms with Crippen molar-refractivity contribution >= 4 is 18.3 Å². The highest BCUT2D eigenvalue weighted by Gasteiger charge is 2.14. The van der Waals surface area contributed by atoms with E-state index in [1.54, 1.807) is 25.3 Å². The summed E-state index contributed by atoms with van der Waals surface area (Å²) in [4.78, 5) is 1.85. The Morgan fingerprint density at radius 3 is 2.36 bits per heavy atom. The first kappa shape index (κ1) is 10.9. The lowest BCUT2D eigenvalue weighted by molar-refractivity contribution is 0.414. The molecule has 76 valence electrons. The summed E-state index contributed by atoms with van der Waals surface area (Å²) in [5.74, 6) is 0.708. The second-order valence-electron chi connectivity index (χ2n) is 3.20. The first-order valence-corrected chi connectivity index (χ1v) is 4.27. The van der Waals surface area contributed by atoms with Gasteiger partial charge in [0.25, 0.3) is 0 Å². The minimum absolute atomic E-state index is 0.453. The van der Waals surface area contributed by atoms with Crippen LogP contribution in [0.25, 0.3) is 0 Å². The fourth-order valence-corrected chi connectivity index (χ4v) is 1.22. The summed E-state index contributed by atoms with van der Waals surface area (Å²) >= 11 is 0. The molecule has 0 aromatic heterocycles. The van der Waals surface area contributed by atoms with Crippen LogP contribution in [0.2, 0.25) is 0 Å². The van der Waals surface area contributed by atoms with Gasteiger partial charge in [0, 0.05) is 14.1 Å². The molecule has 0 atom stereocenters. The van der Waals surface area contributed by atoms with Gasteiger partial charge in [-0.15, -0.1) is 0 Å². The van der Waals surface area contributed by atoms with Crippen molar-refractivity contribution in [2.24, 2.45) is 0 Å². The van der Waals surface area contributed by atoms with Crippen LogP contribution >= 0.6 is 0 Å². The van der Waals surface area contributed by atoms with E-state index in [-0.39, 0.29) is 0 Å². The maximum absolute atomic E-state index is 8.99. The molecule has 0 unspecified atom stereocenters. The Kier molecular flexibility index (Phi) is 3.38. The molecule has 0 radical (unpaired) electrons. The molecule has 2 N–H and O–H groups in total. The topological polar surface area (TPSA) is 52.9 Å². The van der Waals surface area contributed by atoms with Crippen LogP contribution in [-0.4, -0.2) is 38.4 Å². The van der Waals surface area contributed by atoms with Crippen molar-refractivity contribution in [1.29, 1.82) is 0 Å². The standard InChI is InChI=1S/C9H14BNO3/c1-11(2)8-6-7(10(12)13)4-5-9(8)14-3/h4-6,12-13H,1-3H3. The summed E-state index contributed by atoms with van der Waals surface area (Å²) in [6.07, 6.45) is 0. The molecule has 0 spiro atoms. The van der Waals surface area contributed by atoms with Crippen molar-refractivity contribution < 1.29 is 14.8 Å². The van der Waals surface area contributed by atoms with E-state index in [1.807, 2.05) is 19.0 Å². The molecule has 0 bridgehead atoms. The Morgan fingerprint density at radius 2 is 1.93 bits per heavy atom. The van der Waals surface area contributed by atoms with E-state index in [1.165, 1.54) is 0 Å². The molecule has 4 nitrogen and oxygen atoms in total. The number of hydrogen-bond acceptors (Lipinski definition) is 4. The maximum atomic E-state index is 8.99. The van der Waals surface area contributed by atoms with Gasteiger partial charge < -0.3 is 19.7 Å². The smallest absolute Gasteiger partial charge is 0.488 e. The fraction of sp³-hybridized carbons (Fsp3) is 0.333.